The molecule has 0 radical (unpaired) electrons. The molecule has 0 atom stereocenters. The molecule has 0 unspecified atom stereocenters. The summed E-state index contributed by atoms with van der Waals surface area (Å²) >= 11 is 0. The molecule has 1 aromatic rings. The first-order chi connectivity index (χ1) is 9.13. The summed E-state index contributed by atoms with van der Waals surface area (Å²) in [5, 5.41) is 3.26. The van der Waals surface area contributed by atoms with E-state index in [2.05, 4.69) is 5.32 Å². The number of benzene rings is 1. The molecule has 1 saturated carbocycles. The van der Waals surface area contributed by atoms with E-state index >= 15 is 0 Å². The van der Waals surface area contributed by atoms with Gasteiger partial charge in [0.15, 0.2) is 11.6 Å². The van der Waals surface area contributed by atoms with Crippen molar-refractivity contribution in [3.05, 3.63) is 35.4 Å². The van der Waals surface area contributed by atoms with E-state index in [0.29, 0.717) is 13.2 Å². The molecule has 2 fully saturated rings. The molecule has 0 aromatic heterocycles. The van der Waals surface area contributed by atoms with Crippen LogP contribution in [0.3, 0.4) is 0 Å². The fourth-order valence-corrected chi connectivity index (χ4v) is 3.65. The Balaban J connectivity index is 2.00. The number of rotatable bonds is 4. The highest BCUT2D eigenvalue weighted by molar-refractivity contribution is 5.34. The molecule has 3 rings (SSSR count). The van der Waals surface area contributed by atoms with Crippen LogP contribution in [0.4, 0.5) is 8.78 Å². The van der Waals surface area contributed by atoms with Gasteiger partial charge in [0.1, 0.15) is 0 Å². The first kappa shape index (κ1) is 13.0. The number of nitrogens with one attached hydrogen (secondary N) is 1. The lowest BCUT2D eigenvalue weighted by molar-refractivity contribution is -0.156. The van der Waals surface area contributed by atoms with Crippen molar-refractivity contribution in [1.82, 2.24) is 5.32 Å². The maximum atomic E-state index is 13.5. The summed E-state index contributed by atoms with van der Waals surface area (Å²) in [6.07, 6.45) is 3.44. The van der Waals surface area contributed by atoms with Crippen LogP contribution in [0.2, 0.25) is 0 Å². The van der Waals surface area contributed by atoms with Crippen LogP contribution in [0.5, 0.6) is 0 Å². The van der Waals surface area contributed by atoms with Gasteiger partial charge < -0.3 is 10.1 Å². The molecule has 1 saturated heterocycles. The highest BCUT2D eigenvalue weighted by Gasteiger charge is 2.59. The Hall–Kier alpha value is -1.00. The first-order valence-corrected chi connectivity index (χ1v) is 6.81. The van der Waals surface area contributed by atoms with Gasteiger partial charge in [0.2, 0.25) is 0 Å². The topological polar surface area (TPSA) is 21.3 Å². The van der Waals surface area contributed by atoms with Crippen LogP contribution in [-0.2, 0) is 10.2 Å². The zero-order valence-corrected chi connectivity index (χ0v) is 11.1. The third kappa shape index (κ3) is 1.73. The predicted octanol–water partition coefficient (Wildman–Crippen LogP) is 2.62. The van der Waals surface area contributed by atoms with Gasteiger partial charge in [-0.15, -0.1) is 0 Å². The third-order valence-corrected chi connectivity index (χ3v) is 5.01. The number of hydrogen-bond donors (Lipinski definition) is 1. The lowest BCUT2D eigenvalue weighted by atomic mass is 9.49. The molecule has 104 valence electrons. The predicted molar refractivity (Wildman–Crippen MR) is 69.1 cm³/mol. The van der Waals surface area contributed by atoms with Gasteiger partial charge in [-0.2, -0.15) is 0 Å². The van der Waals surface area contributed by atoms with E-state index in [1.807, 2.05) is 7.05 Å². The monoisotopic (exact) mass is 267 g/mol. The van der Waals surface area contributed by atoms with Crippen molar-refractivity contribution >= 4 is 0 Å². The SMILES string of the molecule is CNCC1(C2(c3ccc(F)c(F)c3)COC2)CCC1. The first-order valence-electron chi connectivity index (χ1n) is 6.81. The molecule has 1 aliphatic heterocycles. The normalized spacial score (nSPS) is 23.5. The van der Waals surface area contributed by atoms with Gasteiger partial charge in [0, 0.05) is 12.0 Å². The molecule has 1 aromatic carbocycles. The van der Waals surface area contributed by atoms with Crippen LogP contribution < -0.4 is 5.32 Å². The molecule has 0 spiro atoms. The number of halogens is 2. The summed E-state index contributed by atoms with van der Waals surface area (Å²) in [5.74, 6) is -1.54. The Kier molecular flexibility index (Phi) is 3.10. The highest BCUT2D eigenvalue weighted by atomic mass is 19.2. The van der Waals surface area contributed by atoms with Gasteiger partial charge in [-0.25, -0.2) is 8.78 Å². The summed E-state index contributed by atoms with van der Waals surface area (Å²) in [6, 6.07) is 4.31. The number of hydrogen-bond acceptors (Lipinski definition) is 2. The second kappa shape index (κ2) is 4.53. The molecule has 1 aliphatic carbocycles. The second-order valence-corrected chi connectivity index (χ2v) is 5.87. The van der Waals surface area contributed by atoms with Crippen molar-refractivity contribution in [2.24, 2.45) is 5.41 Å². The van der Waals surface area contributed by atoms with Gasteiger partial charge in [0.25, 0.3) is 0 Å². The maximum Gasteiger partial charge on any atom is 0.159 e. The Morgan fingerprint density at radius 2 is 1.95 bits per heavy atom. The smallest absolute Gasteiger partial charge is 0.159 e. The summed E-state index contributed by atoms with van der Waals surface area (Å²) in [4.78, 5) is 0. The summed E-state index contributed by atoms with van der Waals surface area (Å²) < 4.78 is 32.1. The Morgan fingerprint density at radius 3 is 2.37 bits per heavy atom. The Morgan fingerprint density at radius 1 is 1.21 bits per heavy atom. The molecule has 0 bridgehead atoms. The molecule has 4 heteroatoms. The fourth-order valence-electron chi connectivity index (χ4n) is 3.65. The van der Waals surface area contributed by atoms with Gasteiger partial charge in [0.05, 0.1) is 13.2 Å². The molecule has 1 N–H and O–H groups in total. The largest absolute Gasteiger partial charge is 0.379 e. The second-order valence-electron chi connectivity index (χ2n) is 5.87. The van der Waals surface area contributed by atoms with E-state index in [-0.39, 0.29) is 10.8 Å². The average molecular weight is 267 g/mol. The lowest BCUT2D eigenvalue weighted by Crippen LogP contribution is -2.64. The minimum Gasteiger partial charge on any atom is -0.379 e. The summed E-state index contributed by atoms with van der Waals surface area (Å²) in [7, 11) is 1.94. The van der Waals surface area contributed by atoms with Crippen molar-refractivity contribution in [2.75, 3.05) is 26.8 Å². The third-order valence-electron chi connectivity index (χ3n) is 5.01. The zero-order chi connectivity index (χ0) is 13.5. The van der Waals surface area contributed by atoms with Crippen LogP contribution in [0.15, 0.2) is 18.2 Å². The molecular weight excluding hydrogens is 248 g/mol. The fraction of sp³-hybridized carbons (Fsp3) is 0.600. The average Bonchev–Trinajstić information content (AvgIpc) is 2.29. The quantitative estimate of drug-likeness (QED) is 0.905. The van der Waals surface area contributed by atoms with Crippen LogP contribution in [-0.4, -0.2) is 26.8 Å². The van der Waals surface area contributed by atoms with Crippen molar-refractivity contribution in [3.8, 4) is 0 Å². The van der Waals surface area contributed by atoms with Crippen molar-refractivity contribution in [1.29, 1.82) is 0 Å². The van der Waals surface area contributed by atoms with E-state index in [4.69, 9.17) is 4.74 Å². The number of ether oxygens (including phenoxy) is 1. The van der Waals surface area contributed by atoms with E-state index in [1.54, 1.807) is 6.07 Å². The van der Waals surface area contributed by atoms with E-state index < -0.39 is 11.6 Å². The van der Waals surface area contributed by atoms with E-state index in [0.717, 1.165) is 24.9 Å². The van der Waals surface area contributed by atoms with Crippen LogP contribution in [0.25, 0.3) is 0 Å². The Bertz CT molecular complexity index is 481. The summed E-state index contributed by atoms with van der Waals surface area (Å²) in [5.41, 5.74) is 0.861. The molecule has 19 heavy (non-hydrogen) atoms. The molecular formula is C15H19F2NO. The maximum absolute atomic E-state index is 13.5. The van der Waals surface area contributed by atoms with Crippen LogP contribution >= 0.6 is 0 Å². The molecule has 0 amide bonds. The summed E-state index contributed by atoms with van der Waals surface area (Å²) in [6.45, 7) is 2.12. The van der Waals surface area contributed by atoms with Gasteiger partial charge in [-0.05, 0) is 43.0 Å². The van der Waals surface area contributed by atoms with Gasteiger partial charge in [-0.1, -0.05) is 12.5 Å². The van der Waals surface area contributed by atoms with E-state index in [1.165, 1.54) is 18.6 Å². The molecule has 1 heterocycles. The highest BCUT2D eigenvalue weighted by Crippen LogP contribution is 2.58. The van der Waals surface area contributed by atoms with Crippen LogP contribution in [0.1, 0.15) is 24.8 Å². The van der Waals surface area contributed by atoms with Crippen molar-refractivity contribution in [2.45, 2.75) is 24.7 Å². The van der Waals surface area contributed by atoms with Crippen molar-refractivity contribution in [3.63, 3.8) is 0 Å². The van der Waals surface area contributed by atoms with Crippen LogP contribution in [0, 0.1) is 17.0 Å². The Labute approximate surface area is 112 Å². The standard InChI is InChI=1S/C15H19F2NO/c1-18-8-14(5-2-6-14)15(9-19-10-15)11-3-4-12(16)13(17)7-11/h3-4,7,18H,2,5-6,8-10H2,1H3. The van der Waals surface area contributed by atoms with Crippen molar-refractivity contribution < 1.29 is 13.5 Å². The van der Waals surface area contributed by atoms with Gasteiger partial charge in [-0.3, -0.25) is 0 Å². The molecule has 2 nitrogen and oxygen atoms in total. The lowest BCUT2D eigenvalue weighted by Gasteiger charge is -2.60. The zero-order valence-electron chi connectivity index (χ0n) is 11.1. The van der Waals surface area contributed by atoms with E-state index in [9.17, 15) is 8.78 Å². The van der Waals surface area contributed by atoms with Gasteiger partial charge >= 0.3 is 0 Å². The molecule has 2 aliphatic rings. The minimum absolute atomic E-state index is 0.129. The minimum atomic E-state index is -0.782.